The summed E-state index contributed by atoms with van der Waals surface area (Å²) in [6, 6.07) is 8.22. The van der Waals surface area contributed by atoms with Crippen molar-refractivity contribution in [3.05, 3.63) is 47.5 Å². The second kappa shape index (κ2) is 6.30. The van der Waals surface area contributed by atoms with Gasteiger partial charge in [-0.2, -0.15) is 0 Å². The molecule has 22 heavy (non-hydrogen) atoms. The molecule has 0 radical (unpaired) electrons. The third-order valence-electron chi connectivity index (χ3n) is 4.41. The first kappa shape index (κ1) is 14.8. The van der Waals surface area contributed by atoms with Crippen LogP contribution in [0.15, 0.2) is 30.6 Å². The van der Waals surface area contributed by atoms with Crippen molar-refractivity contribution in [3.8, 4) is 0 Å². The first-order valence-corrected chi connectivity index (χ1v) is 7.93. The number of nitrogens with zero attached hydrogens (tertiary/aromatic N) is 4. The van der Waals surface area contributed by atoms with Crippen molar-refractivity contribution < 1.29 is 4.79 Å². The van der Waals surface area contributed by atoms with Gasteiger partial charge in [-0.15, -0.1) is 10.2 Å². The number of hydrogen-bond acceptors (Lipinski definition) is 3. The number of aromatic nitrogens is 3. The molecule has 1 aromatic heterocycles. The molecule has 1 aliphatic heterocycles. The van der Waals surface area contributed by atoms with Crippen LogP contribution in [0.2, 0.25) is 0 Å². The van der Waals surface area contributed by atoms with Crippen molar-refractivity contribution in [1.29, 1.82) is 0 Å². The van der Waals surface area contributed by atoms with Gasteiger partial charge in [-0.25, -0.2) is 0 Å². The quantitative estimate of drug-likeness (QED) is 0.875. The van der Waals surface area contributed by atoms with Gasteiger partial charge in [0.1, 0.15) is 12.2 Å². The van der Waals surface area contributed by atoms with Crippen LogP contribution in [-0.2, 0) is 6.42 Å². The number of benzene rings is 1. The summed E-state index contributed by atoms with van der Waals surface area (Å²) < 4.78 is 2.17. The zero-order chi connectivity index (χ0) is 15.5. The summed E-state index contributed by atoms with van der Waals surface area (Å²) >= 11 is 0. The zero-order valence-electron chi connectivity index (χ0n) is 13.2. The molecule has 5 heteroatoms. The molecule has 2 heterocycles. The average Bonchev–Trinajstić information content (AvgIpc) is 3.04. The number of carbonyl (C=O) groups is 1. The van der Waals surface area contributed by atoms with E-state index in [1.807, 2.05) is 42.4 Å². The minimum Gasteiger partial charge on any atom is -0.338 e. The fraction of sp³-hybridized carbons (Fsp3) is 0.471. The van der Waals surface area contributed by atoms with Crippen LogP contribution in [0.1, 0.15) is 47.6 Å². The Bertz CT molecular complexity index is 639. The average molecular weight is 298 g/mol. The number of aryl methyl sites for hydroxylation is 2. The number of carbonyl (C=O) groups excluding carboxylic acids is 1. The Morgan fingerprint density at radius 2 is 1.91 bits per heavy atom. The first-order valence-electron chi connectivity index (χ1n) is 7.93. The van der Waals surface area contributed by atoms with Gasteiger partial charge in [0.2, 0.25) is 0 Å². The molecule has 0 aliphatic carbocycles. The van der Waals surface area contributed by atoms with E-state index >= 15 is 0 Å². The molecular weight excluding hydrogens is 276 g/mol. The molecule has 0 atom stereocenters. The number of amides is 1. The Morgan fingerprint density at radius 3 is 2.55 bits per heavy atom. The van der Waals surface area contributed by atoms with Gasteiger partial charge >= 0.3 is 0 Å². The van der Waals surface area contributed by atoms with E-state index in [2.05, 4.69) is 21.7 Å². The molecule has 0 unspecified atom stereocenters. The minimum atomic E-state index is 0.137. The SMILES string of the molecule is CCc1nncn1C1CCN(C(=O)c2ccc(C)cc2)CC1. The van der Waals surface area contributed by atoms with Gasteiger partial charge in [0.15, 0.2) is 0 Å². The van der Waals surface area contributed by atoms with E-state index in [0.717, 1.165) is 43.7 Å². The van der Waals surface area contributed by atoms with E-state index in [9.17, 15) is 4.79 Å². The maximum absolute atomic E-state index is 12.5. The predicted molar refractivity (Wildman–Crippen MR) is 84.8 cm³/mol. The van der Waals surface area contributed by atoms with Crippen molar-refractivity contribution >= 4 is 5.91 Å². The molecule has 5 nitrogen and oxygen atoms in total. The Morgan fingerprint density at radius 1 is 1.23 bits per heavy atom. The second-order valence-corrected chi connectivity index (χ2v) is 5.90. The molecule has 0 spiro atoms. The van der Waals surface area contributed by atoms with Gasteiger partial charge in [0, 0.05) is 31.1 Å². The van der Waals surface area contributed by atoms with Gasteiger partial charge in [-0.05, 0) is 31.9 Å². The lowest BCUT2D eigenvalue weighted by molar-refractivity contribution is 0.0693. The third kappa shape index (κ3) is 2.89. The van der Waals surface area contributed by atoms with Crippen molar-refractivity contribution in [2.45, 2.75) is 39.2 Å². The summed E-state index contributed by atoms with van der Waals surface area (Å²) in [4.78, 5) is 14.5. The van der Waals surface area contributed by atoms with E-state index in [1.165, 1.54) is 5.56 Å². The highest BCUT2D eigenvalue weighted by molar-refractivity contribution is 5.94. The fourth-order valence-electron chi connectivity index (χ4n) is 3.05. The largest absolute Gasteiger partial charge is 0.338 e. The monoisotopic (exact) mass is 298 g/mol. The number of likely N-dealkylation sites (tertiary alicyclic amines) is 1. The normalized spacial score (nSPS) is 16.0. The van der Waals surface area contributed by atoms with Gasteiger partial charge in [-0.3, -0.25) is 4.79 Å². The van der Waals surface area contributed by atoms with Gasteiger partial charge < -0.3 is 9.47 Å². The maximum atomic E-state index is 12.5. The van der Waals surface area contributed by atoms with E-state index in [1.54, 1.807) is 0 Å². The lowest BCUT2D eigenvalue weighted by atomic mass is 10.0. The zero-order valence-corrected chi connectivity index (χ0v) is 13.2. The van der Waals surface area contributed by atoms with Crippen molar-refractivity contribution in [3.63, 3.8) is 0 Å². The summed E-state index contributed by atoms with van der Waals surface area (Å²) in [5.41, 5.74) is 1.96. The molecule has 116 valence electrons. The number of hydrogen-bond donors (Lipinski definition) is 0. The molecule has 1 saturated heterocycles. The Hall–Kier alpha value is -2.17. The molecule has 1 aliphatic rings. The molecular formula is C17H22N4O. The summed E-state index contributed by atoms with van der Waals surface area (Å²) in [7, 11) is 0. The van der Waals surface area contributed by atoms with Gasteiger partial charge in [0.05, 0.1) is 0 Å². The highest BCUT2D eigenvalue weighted by Gasteiger charge is 2.25. The Kier molecular flexibility index (Phi) is 4.22. The highest BCUT2D eigenvalue weighted by atomic mass is 16.2. The number of rotatable bonds is 3. The highest BCUT2D eigenvalue weighted by Crippen LogP contribution is 2.24. The molecule has 0 saturated carbocycles. The van der Waals surface area contributed by atoms with Crippen molar-refractivity contribution in [2.24, 2.45) is 0 Å². The maximum Gasteiger partial charge on any atom is 0.253 e. The van der Waals surface area contributed by atoms with E-state index < -0.39 is 0 Å². The molecule has 2 aromatic rings. The molecule has 0 N–H and O–H groups in total. The smallest absolute Gasteiger partial charge is 0.253 e. The van der Waals surface area contributed by atoms with E-state index in [4.69, 9.17) is 0 Å². The van der Waals surface area contributed by atoms with Crippen LogP contribution in [0.3, 0.4) is 0 Å². The molecule has 1 fully saturated rings. The van der Waals surface area contributed by atoms with Crippen LogP contribution in [0.25, 0.3) is 0 Å². The molecule has 3 rings (SSSR count). The van der Waals surface area contributed by atoms with Crippen molar-refractivity contribution in [2.75, 3.05) is 13.1 Å². The van der Waals surface area contributed by atoms with Crippen LogP contribution in [0, 0.1) is 6.92 Å². The van der Waals surface area contributed by atoms with Gasteiger partial charge in [-0.1, -0.05) is 24.6 Å². The lowest BCUT2D eigenvalue weighted by Gasteiger charge is -2.33. The Labute approximate surface area is 131 Å². The molecule has 1 amide bonds. The summed E-state index contributed by atoms with van der Waals surface area (Å²) in [6.07, 6.45) is 4.63. The Balaban J connectivity index is 1.64. The number of piperidine rings is 1. The first-order chi connectivity index (χ1) is 10.7. The van der Waals surface area contributed by atoms with Crippen LogP contribution in [-0.4, -0.2) is 38.7 Å². The van der Waals surface area contributed by atoms with Gasteiger partial charge in [0.25, 0.3) is 5.91 Å². The van der Waals surface area contributed by atoms with Crippen LogP contribution in [0.5, 0.6) is 0 Å². The van der Waals surface area contributed by atoms with Crippen LogP contribution in [0.4, 0.5) is 0 Å². The standard InChI is InChI=1S/C17H22N4O/c1-3-16-19-18-12-21(16)15-8-10-20(11-9-15)17(22)14-6-4-13(2)5-7-14/h4-7,12,15H,3,8-11H2,1-2H3. The third-order valence-corrected chi connectivity index (χ3v) is 4.41. The van der Waals surface area contributed by atoms with E-state index in [-0.39, 0.29) is 5.91 Å². The van der Waals surface area contributed by atoms with Crippen molar-refractivity contribution in [1.82, 2.24) is 19.7 Å². The van der Waals surface area contributed by atoms with E-state index in [0.29, 0.717) is 6.04 Å². The minimum absolute atomic E-state index is 0.137. The molecule has 1 aromatic carbocycles. The predicted octanol–water partition coefficient (Wildman–Crippen LogP) is 2.63. The summed E-state index contributed by atoms with van der Waals surface area (Å²) in [5.74, 6) is 1.17. The second-order valence-electron chi connectivity index (χ2n) is 5.90. The van der Waals surface area contributed by atoms with Crippen LogP contribution >= 0.6 is 0 Å². The lowest BCUT2D eigenvalue weighted by Crippen LogP contribution is -2.39. The molecule has 0 bridgehead atoms. The topological polar surface area (TPSA) is 51.0 Å². The van der Waals surface area contributed by atoms with Crippen LogP contribution < -0.4 is 0 Å². The fourth-order valence-corrected chi connectivity index (χ4v) is 3.05. The summed E-state index contributed by atoms with van der Waals surface area (Å²) in [6.45, 7) is 5.71. The summed E-state index contributed by atoms with van der Waals surface area (Å²) in [5, 5.41) is 8.16.